The lowest BCUT2D eigenvalue weighted by Crippen LogP contribution is -2.18. The predicted octanol–water partition coefficient (Wildman–Crippen LogP) is 3.55. The molecule has 0 spiro atoms. The summed E-state index contributed by atoms with van der Waals surface area (Å²) in [6, 6.07) is 20.0. The SMILES string of the molecule is CCOc1ccc(S(=O)(=O)N/N=C/c2ccc3ccccc3c2)cc1. The summed E-state index contributed by atoms with van der Waals surface area (Å²) in [5.41, 5.74) is 0.813. The topological polar surface area (TPSA) is 67.8 Å². The van der Waals surface area contributed by atoms with Crippen LogP contribution >= 0.6 is 0 Å². The number of nitrogens with one attached hydrogen (secondary N) is 1. The summed E-state index contributed by atoms with van der Waals surface area (Å²) in [6.45, 7) is 2.40. The van der Waals surface area contributed by atoms with Crippen LogP contribution < -0.4 is 9.57 Å². The lowest BCUT2D eigenvalue weighted by molar-refractivity contribution is 0.340. The molecule has 0 saturated heterocycles. The monoisotopic (exact) mass is 354 g/mol. The fourth-order valence-electron chi connectivity index (χ4n) is 2.39. The minimum Gasteiger partial charge on any atom is -0.494 e. The van der Waals surface area contributed by atoms with Crippen molar-refractivity contribution in [2.45, 2.75) is 11.8 Å². The van der Waals surface area contributed by atoms with Gasteiger partial charge in [0.05, 0.1) is 17.7 Å². The van der Waals surface area contributed by atoms with Crippen LogP contribution in [0.2, 0.25) is 0 Å². The second kappa shape index (κ2) is 7.36. The van der Waals surface area contributed by atoms with Gasteiger partial charge in [-0.3, -0.25) is 0 Å². The third-order valence-electron chi connectivity index (χ3n) is 3.61. The van der Waals surface area contributed by atoms with Crippen LogP contribution in [0.25, 0.3) is 10.8 Å². The molecule has 0 aliphatic carbocycles. The number of rotatable bonds is 6. The maximum absolute atomic E-state index is 12.2. The summed E-state index contributed by atoms with van der Waals surface area (Å²) in [5, 5.41) is 6.05. The van der Waals surface area contributed by atoms with Crippen molar-refractivity contribution in [3.8, 4) is 5.75 Å². The van der Waals surface area contributed by atoms with Gasteiger partial charge in [-0.15, -0.1) is 0 Å². The molecule has 25 heavy (non-hydrogen) atoms. The highest BCUT2D eigenvalue weighted by molar-refractivity contribution is 7.89. The first-order valence-corrected chi connectivity index (χ1v) is 9.33. The first kappa shape index (κ1) is 17.0. The number of nitrogens with zero attached hydrogens (tertiary/aromatic N) is 1. The Labute approximate surface area is 147 Å². The highest BCUT2D eigenvalue weighted by Crippen LogP contribution is 2.16. The van der Waals surface area contributed by atoms with E-state index in [9.17, 15) is 8.42 Å². The lowest BCUT2D eigenvalue weighted by Gasteiger charge is -2.06. The van der Waals surface area contributed by atoms with E-state index in [1.165, 1.54) is 18.3 Å². The Morgan fingerprint density at radius 3 is 2.44 bits per heavy atom. The molecule has 0 aliphatic heterocycles. The Morgan fingerprint density at radius 2 is 1.72 bits per heavy atom. The number of hydrogen-bond donors (Lipinski definition) is 1. The van der Waals surface area contributed by atoms with E-state index in [4.69, 9.17) is 4.74 Å². The zero-order valence-corrected chi connectivity index (χ0v) is 14.5. The van der Waals surface area contributed by atoms with Crippen LogP contribution in [-0.2, 0) is 10.0 Å². The summed E-state index contributed by atoms with van der Waals surface area (Å²) in [6.07, 6.45) is 1.48. The molecule has 5 nitrogen and oxygen atoms in total. The molecule has 3 aromatic rings. The highest BCUT2D eigenvalue weighted by atomic mass is 32.2. The van der Waals surface area contributed by atoms with Gasteiger partial charge in [0.15, 0.2) is 0 Å². The Kier molecular flexibility index (Phi) is 5.00. The van der Waals surface area contributed by atoms with E-state index in [0.29, 0.717) is 12.4 Å². The molecular weight excluding hydrogens is 336 g/mol. The maximum atomic E-state index is 12.2. The van der Waals surface area contributed by atoms with E-state index in [1.807, 2.05) is 49.4 Å². The van der Waals surface area contributed by atoms with Crippen LogP contribution in [0.3, 0.4) is 0 Å². The number of ether oxygens (including phenoxy) is 1. The molecule has 0 amide bonds. The van der Waals surface area contributed by atoms with Crippen molar-refractivity contribution in [1.82, 2.24) is 4.83 Å². The van der Waals surface area contributed by atoms with Crippen LogP contribution in [0.15, 0.2) is 76.7 Å². The summed E-state index contributed by atoms with van der Waals surface area (Å²) >= 11 is 0. The van der Waals surface area contributed by atoms with Gasteiger partial charge in [-0.1, -0.05) is 36.4 Å². The average Bonchev–Trinajstić information content (AvgIpc) is 2.62. The van der Waals surface area contributed by atoms with Crippen molar-refractivity contribution in [2.75, 3.05) is 6.61 Å². The summed E-state index contributed by atoms with van der Waals surface area (Å²) in [4.78, 5) is 2.36. The van der Waals surface area contributed by atoms with Crippen LogP contribution in [0.4, 0.5) is 0 Å². The van der Waals surface area contributed by atoms with E-state index >= 15 is 0 Å². The quantitative estimate of drug-likeness (QED) is 0.544. The normalized spacial score (nSPS) is 11.7. The summed E-state index contributed by atoms with van der Waals surface area (Å²) in [5.74, 6) is 0.626. The molecule has 3 aromatic carbocycles. The Balaban J connectivity index is 1.72. The Bertz CT molecular complexity index is 997. The minimum atomic E-state index is -3.71. The van der Waals surface area contributed by atoms with Crippen molar-refractivity contribution < 1.29 is 13.2 Å². The zero-order chi connectivity index (χ0) is 17.7. The van der Waals surface area contributed by atoms with Gasteiger partial charge in [-0.25, -0.2) is 4.83 Å². The van der Waals surface area contributed by atoms with E-state index in [0.717, 1.165) is 16.3 Å². The fourth-order valence-corrected chi connectivity index (χ4v) is 3.18. The van der Waals surface area contributed by atoms with Crippen molar-refractivity contribution >= 4 is 27.0 Å². The number of hydrogen-bond acceptors (Lipinski definition) is 4. The molecule has 1 N–H and O–H groups in total. The van der Waals surface area contributed by atoms with Crippen molar-refractivity contribution in [3.05, 3.63) is 72.3 Å². The third-order valence-corrected chi connectivity index (χ3v) is 4.84. The van der Waals surface area contributed by atoms with Gasteiger partial charge < -0.3 is 4.74 Å². The molecule has 0 heterocycles. The van der Waals surface area contributed by atoms with Crippen LogP contribution in [-0.4, -0.2) is 21.2 Å². The van der Waals surface area contributed by atoms with E-state index in [2.05, 4.69) is 9.93 Å². The van der Waals surface area contributed by atoms with Crippen molar-refractivity contribution in [2.24, 2.45) is 5.10 Å². The van der Waals surface area contributed by atoms with Gasteiger partial charge in [-0.05, 0) is 53.6 Å². The zero-order valence-electron chi connectivity index (χ0n) is 13.7. The molecule has 0 radical (unpaired) electrons. The van der Waals surface area contributed by atoms with E-state index in [-0.39, 0.29) is 4.90 Å². The van der Waals surface area contributed by atoms with Crippen LogP contribution in [0, 0.1) is 0 Å². The second-order valence-corrected chi connectivity index (χ2v) is 7.02. The lowest BCUT2D eigenvalue weighted by atomic mass is 10.1. The van der Waals surface area contributed by atoms with E-state index < -0.39 is 10.0 Å². The average molecular weight is 354 g/mol. The first-order valence-electron chi connectivity index (χ1n) is 7.85. The molecular formula is C19H18N2O3S. The smallest absolute Gasteiger partial charge is 0.276 e. The molecule has 0 aliphatic rings. The molecule has 6 heteroatoms. The number of fused-ring (bicyclic) bond motifs is 1. The predicted molar refractivity (Wildman–Crippen MR) is 99.5 cm³/mol. The molecule has 0 aromatic heterocycles. The standard InChI is InChI=1S/C19H18N2O3S/c1-2-24-18-9-11-19(12-10-18)25(22,23)21-20-14-15-7-8-16-5-3-4-6-17(16)13-15/h3-14,21H,2H2,1H3/b20-14+. The molecule has 128 valence electrons. The molecule has 0 bridgehead atoms. The molecule has 3 rings (SSSR count). The highest BCUT2D eigenvalue weighted by Gasteiger charge is 2.12. The second-order valence-electron chi connectivity index (χ2n) is 5.36. The molecule has 0 saturated carbocycles. The molecule has 0 atom stereocenters. The Hall–Kier alpha value is -2.86. The number of hydrazone groups is 1. The van der Waals surface area contributed by atoms with Crippen molar-refractivity contribution in [3.63, 3.8) is 0 Å². The van der Waals surface area contributed by atoms with Gasteiger partial charge in [0, 0.05) is 0 Å². The maximum Gasteiger partial charge on any atom is 0.276 e. The fraction of sp³-hybridized carbons (Fsp3) is 0.105. The van der Waals surface area contributed by atoms with Gasteiger partial charge in [-0.2, -0.15) is 13.5 Å². The molecule has 0 fully saturated rings. The number of benzene rings is 3. The molecule has 0 unspecified atom stereocenters. The first-order chi connectivity index (χ1) is 12.1. The van der Waals surface area contributed by atoms with E-state index in [1.54, 1.807) is 12.1 Å². The van der Waals surface area contributed by atoms with Crippen molar-refractivity contribution in [1.29, 1.82) is 0 Å². The minimum absolute atomic E-state index is 0.131. The van der Waals surface area contributed by atoms with Gasteiger partial charge in [0.2, 0.25) is 0 Å². The van der Waals surface area contributed by atoms with Gasteiger partial charge in [0.1, 0.15) is 5.75 Å². The summed E-state index contributed by atoms with van der Waals surface area (Å²) in [7, 11) is -3.71. The van der Waals surface area contributed by atoms with Crippen LogP contribution in [0.5, 0.6) is 5.75 Å². The Morgan fingerprint density at radius 1 is 1.00 bits per heavy atom. The third kappa shape index (κ3) is 4.16. The summed E-state index contributed by atoms with van der Waals surface area (Å²) < 4.78 is 29.8. The van der Waals surface area contributed by atoms with Crippen LogP contribution in [0.1, 0.15) is 12.5 Å². The van der Waals surface area contributed by atoms with Gasteiger partial charge >= 0.3 is 0 Å². The largest absolute Gasteiger partial charge is 0.494 e. The van der Waals surface area contributed by atoms with Gasteiger partial charge in [0.25, 0.3) is 10.0 Å². The number of sulfonamides is 1.